The van der Waals surface area contributed by atoms with Crippen LogP contribution < -0.4 is 10.2 Å². The molecule has 1 aliphatic rings. The molecule has 1 aromatic rings. The van der Waals surface area contributed by atoms with Gasteiger partial charge in [0.05, 0.1) is 5.69 Å². The van der Waals surface area contributed by atoms with Crippen molar-refractivity contribution in [1.82, 2.24) is 5.32 Å². The minimum Gasteiger partial charge on any atom is -0.369 e. The first-order chi connectivity index (χ1) is 9.61. The molecular formula is C17H27FN2. The molecule has 1 saturated heterocycles. The van der Waals surface area contributed by atoms with Gasteiger partial charge in [-0.1, -0.05) is 39.3 Å². The van der Waals surface area contributed by atoms with Crippen molar-refractivity contribution in [2.75, 3.05) is 18.0 Å². The van der Waals surface area contributed by atoms with Gasteiger partial charge >= 0.3 is 0 Å². The van der Waals surface area contributed by atoms with Crippen LogP contribution >= 0.6 is 0 Å². The lowest BCUT2D eigenvalue weighted by Gasteiger charge is -2.23. The minimum absolute atomic E-state index is 0.0785. The Hall–Kier alpha value is -1.09. The van der Waals surface area contributed by atoms with Crippen molar-refractivity contribution >= 4 is 5.69 Å². The summed E-state index contributed by atoms with van der Waals surface area (Å²) in [5.74, 6) is 0.649. The number of nitrogens with zero attached hydrogens (tertiary/aromatic N) is 1. The number of benzene rings is 1. The van der Waals surface area contributed by atoms with E-state index >= 15 is 0 Å². The molecule has 1 atom stereocenters. The van der Waals surface area contributed by atoms with Crippen molar-refractivity contribution in [2.24, 2.45) is 5.92 Å². The van der Waals surface area contributed by atoms with Crippen molar-refractivity contribution < 1.29 is 4.39 Å². The van der Waals surface area contributed by atoms with Crippen LogP contribution in [0.3, 0.4) is 0 Å². The number of hydrogen-bond acceptors (Lipinski definition) is 2. The van der Waals surface area contributed by atoms with Gasteiger partial charge in [0, 0.05) is 25.7 Å². The Bertz CT molecular complexity index is 431. The molecular weight excluding hydrogens is 251 g/mol. The predicted molar refractivity (Wildman–Crippen MR) is 83.6 cm³/mol. The third kappa shape index (κ3) is 3.72. The zero-order valence-corrected chi connectivity index (χ0v) is 13.0. The van der Waals surface area contributed by atoms with E-state index in [1.165, 1.54) is 19.3 Å². The summed E-state index contributed by atoms with van der Waals surface area (Å²) in [6.45, 7) is 9.19. The van der Waals surface area contributed by atoms with Crippen molar-refractivity contribution in [3.63, 3.8) is 0 Å². The second-order valence-corrected chi connectivity index (χ2v) is 6.17. The number of anilines is 1. The summed E-state index contributed by atoms with van der Waals surface area (Å²) in [6.07, 6.45) is 3.67. The van der Waals surface area contributed by atoms with Crippen LogP contribution in [0.2, 0.25) is 0 Å². The quantitative estimate of drug-likeness (QED) is 0.847. The Kier molecular flexibility index (Phi) is 5.41. The Morgan fingerprint density at radius 3 is 2.90 bits per heavy atom. The molecule has 1 heterocycles. The Labute approximate surface area is 122 Å². The number of halogens is 1. The number of rotatable bonds is 6. The van der Waals surface area contributed by atoms with E-state index in [2.05, 4.69) is 31.0 Å². The summed E-state index contributed by atoms with van der Waals surface area (Å²) < 4.78 is 14.3. The van der Waals surface area contributed by atoms with Gasteiger partial charge in [-0.15, -0.1) is 0 Å². The summed E-state index contributed by atoms with van der Waals surface area (Å²) in [7, 11) is 0. The van der Waals surface area contributed by atoms with Crippen LogP contribution in [0.25, 0.3) is 0 Å². The molecule has 0 aliphatic carbocycles. The third-order valence-electron chi connectivity index (χ3n) is 4.07. The molecule has 0 radical (unpaired) electrons. The van der Waals surface area contributed by atoms with Crippen LogP contribution in [0.15, 0.2) is 18.2 Å². The summed E-state index contributed by atoms with van der Waals surface area (Å²) >= 11 is 0. The molecule has 2 rings (SSSR count). The van der Waals surface area contributed by atoms with Gasteiger partial charge in [-0.3, -0.25) is 0 Å². The zero-order valence-electron chi connectivity index (χ0n) is 13.0. The van der Waals surface area contributed by atoms with E-state index < -0.39 is 0 Å². The largest absolute Gasteiger partial charge is 0.369 e. The highest BCUT2D eigenvalue weighted by molar-refractivity contribution is 5.55. The smallest absolute Gasteiger partial charge is 0.146 e. The first kappa shape index (κ1) is 15.3. The lowest BCUT2D eigenvalue weighted by Crippen LogP contribution is -2.26. The topological polar surface area (TPSA) is 15.3 Å². The Balaban J connectivity index is 2.13. The van der Waals surface area contributed by atoms with Gasteiger partial charge in [-0.05, 0) is 30.4 Å². The standard InChI is InChI=1S/C17H27FN2/c1-4-6-14-9-10-20(12-14)17-15(11-19-13(2)3)7-5-8-16(17)18/h5,7-8,13-14,19H,4,6,9-12H2,1-3H3. The van der Waals surface area contributed by atoms with Crippen molar-refractivity contribution in [1.29, 1.82) is 0 Å². The van der Waals surface area contributed by atoms with Gasteiger partial charge in [0.2, 0.25) is 0 Å². The second-order valence-electron chi connectivity index (χ2n) is 6.17. The molecule has 1 fully saturated rings. The average molecular weight is 278 g/mol. The van der Waals surface area contributed by atoms with Crippen LogP contribution in [-0.2, 0) is 6.54 Å². The van der Waals surface area contributed by atoms with E-state index in [0.717, 1.165) is 36.8 Å². The fraction of sp³-hybridized carbons (Fsp3) is 0.647. The molecule has 20 heavy (non-hydrogen) atoms. The molecule has 112 valence electrons. The van der Waals surface area contributed by atoms with Crippen LogP contribution in [0.1, 0.15) is 45.6 Å². The molecule has 3 heteroatoms. The van der Waals surface area contributed by atoms with E-state index in [9.17, 15) is 4.39 Å². The van der Waals surface area contributed by atoms with Crippen molar-refractivity contribution in [3.8, 4) is 0 Å². The monoisotopic (exact) mass is 278 g/mol. The highest BCUT2D eigenvalue weighted by atomic mass is 19.1. The summed E-state index contributed by atoms with van der Waals surface area (Å²) in [5.41, 5.74) is 1.90. The maximum Gasteiger partial charge on any atom is 0.146 e. The third-order valence-corrected chi connectivity index (χ3v) is 4.07. The molecule has 0 bridgehead atoms. The van der Waals surface area contributed by atoms with Crippen LogP contribution in [0.5, 0.6) is 0 Å². The average Bonchev–Trinajstić information content (AvgIpc) is 2.85. The SMILES string of the molecule is CCCC1CCN(c2c(F)cccc2CNC(C)C)C1. The molecule has 0 aromatic heterocycles. The highest BCUT2D eigenvalue weighted by Gasteiger charge is 2.25. The molecule has 1 aromatic carbocycles. The van der Waals surface area contributed by atoms with Gasteiger partial charge < -0.3 is 10.2 Å². The number of nitrogens with one attached hydrogen (secondary N) is 1. The van der Waals surface area contributed by atoms with E-state index in [1.54, 1.807) is 6.07 Å². The van der Waals surface area contributed by atoms with Crippen LogP contribution in [0.4, 0.5) is 10.1 Å². The molecule has 1 N–H and O–H groups in total. The van der Waals surface area contributed by atoms with E-state index in [4.69, 9.17) is 0 Å². The fourth-order valence-corrected chi connectivity index (χ4v) is 3.05. The maximum absolute atomic E-state index is 14.3. The molecule has 1 unspecified atom stereocenters. The van der Waals surface area contributed by atoms with Crippen molar-refractivity contribution in [3.05, 3.63) is 29.6 Å². The fourth-order valence-electron chi connectivity index (χ4n) is 3.05. The molecule has 1 aliphatic heterocycles. The van der Waals surface area contributed by atoms with Gasteiger partial charge in [0.25, 0.3) is 0 Å². The number of hydrogen-bond donors (Lipinski definition) is 1. The van der Waals surface area contributed by atoms with Gasteiger partial charge in [-0.25, -0.2) is 4.39 Å². The van der Waals surface area contributed by atoms with E-state index in [-0.39, 0.29) is 5.82 Å². The van der Waals surface area contributed by atoms with Crippen LogP contribution in [-0.4, -0.2) is 19.1 Å². The Morgan fingerprint density at radius 2 is 2.20 bits per heavy atom. The molecule has 0 saturated carbocycles. The second kappa shape index (κ2) is 7.07. The lowest BCUT2D eigenvalue weighted by molar-refractivity contribution is 0.528. The van der Waals surface area contributed by atoms with E-state index in [0.29, 0.717) is 6.04 Å². The van der Waals surface area contributed by atoms with Gasteiger partial charge in [-0.2, -0.15) is 0 Å². The molecule has 0 amide bonds. The lowest BCUT2D eigenvalue weighted by atomic mass is 10.0. The summed E-state index contributed by atoms with van der Waals surface area (Å²) in [6, 6.07) is 5.86. The van der Waals surface area contributed by atoms with Crippen molar-refractivity contribution in [2.45, 2.75) is 52.6 Å². The molecule has 2 nitrogen and oxygen atoms in total. The maximum atomic E-state index is 14.3. The van der Waals surface area contributed by atoms with E-state index in [1.807, 2.05) is 12.1 Å². The van der Waals surface area contributed by atoms with Crippen LogP contribution in [0, 0.1) is 11.7 Å². The Morgan fingerprint density at radius 1 is 1.40 bits per heavy atom. The molecule has 0 spiro atoms. The minimum atomic E-state index is -0.0785. The van der Waals surface area contributed by atoms with Gasteiger partial charge in [0.1, 0.15) is 5.82 Å². The highest BCUT2D eigenvalue weighted by Crippen LogP contribution is 2.31. The summed E-state index contributed by atoms with van der Waals surface area (Å²) in [4.78, 5) is 2.24. The number of para-hydroxylation sites is 1. The first-order valence-electron chi connectivity index (χ1n) is 7.87. The van der Waals surface area contributed by atoms with Gasteiger partial charge in [0.15, 0.2) is 0 Å². The summed E-state index contributed by atoms with van der Waals surface area (Å²) in [5, 5.41) is 3.40. The normalized spacial score (nSPS) is 19.1. The first-order valence-corrected chi connectivity index (χ1v) is 7.87. The predicted octanol–water partition coefficient (Wildman–Crippen LogP) is 3.95. The zero-order chi connectivity index (χ0) is 14.5.